The molecule has 0 amide bonds. The molecule has 4 rings (SSSR count). The van der Waals surface area contributed by atoms with E-state index in [1.165, 1.54) is 37.7 Å². The molecule has 4 nitrogen and oxygen atoms in total. The number of nitrogens with zero attached hydrogens (tertiary/aromatic N) is 1. The maximum absolute atomic E-state index is 11.9. The summed E-state index contributed by atoms with van der Waals surface area (Å²) in [7, 11) is 0. The van der Waals surface area contributed by atoms with Gasteiger partial charge in [-0.15, -0.1) is 0 Å². The van der Waals surface area contributed by atoms with Crippen LogP contribution in [0.2, 0.25) is 0 Å². The number of para-hydroxylation sites is 1. The molecule has 2 fully saturated rings. The van der Waals surface area contributed by atoms with Crippen LogP contribution < -0.4 is 10.3 Å². The van der Waals surface area contributed by atoms with Crippen molar-refractivity contribution in [1.82, 2.24) is 9.88 Å². The molecule has 0 spiro atoms. The smallest absolute Gasteiger partial charge is 0.252 e. The van der Waals surface area contributed by atoms with E-state index < -0.39 is 0 Å². The molecule has 1 N–H and O–H groups in total. The number of nitrogens with one attached hydrogen (secondary N) is 1. The maximum Gasteiger partial charge on any atom is 0.252 e. The minimum atomic E-state index is 0.0318. The number of allylic oxidation sites excluding steroid dienone is 1. The van der Waals surface area contributed by atoms with E-state index in [1.807, 2.05) is 12.1 Å². The van der Waals surface area contributed by atoms with Gasteiger partial charge in [0.25, 0.3) is 5.56 Å². The zero-order valence-corrected chi connectivity index (χ0v) is 17.9. The topological polar surface area (TPSA) is 45.3 Å². The predicted molar refractivity (Wildman–Crippen MR) is 123 cm³/mol. The number of ether oxygens (including phenoxy) is 1. The minimum Gasteiger partial charge on any atom is -0.493 e. The van der Waals surface area contributed by atoms with Gasteiger partial charge in [-0.2, -0.15) is 0 Å². The summed E-state index contributed by atoms with van der Waals surface area (Å²) in [5.74, 6) is 2.32. The Hall–Kier alpha value is -2.33. The molecule has 0 radical (unpaired) electrons. The van der Waals surface area contributed by atoms with Gasteiger partial charge in [-0.3, -0.25) is 9.69 Å². The lowest BCUT2D eigenvalue weighted by Gasteiger charge is -2.30. The van der Waals surface area contributed by atoms with Gasteiger partial charge in [-0.05, 0) is 62.7 Å². The molecule has 1 aromatic heterocycles. The highest BCUT2D eigenvalue weighted by atomic mass is 16.5. The van der Waals surface area contributed by atoms with E-state index in [2.05, 4.69) is 46.3 Å². The van der Waals surface area contributed by atoms with E-state index in [1.54, 1.807) is 6.20 Å². The summed E-state index contributed by atoms with van der Waals surface area (Å²) in [6.07, 6.45) is 15.3. The largest absolute Gasteiger partial charge is 0.493 e. The second-order valence-electron chi connectivity index (χ2n) is 8.85. The van der Waals surface area contributed by atoms with Crippen molar-refractivity contribution < 1.29 is 4.74 Å². The van der Waals surface area contributed by atoms with Gasteiger partial charge >= 0.3 is 0 Å². The van der Waals surface area contributed by atoms with Crippen LogP contribution in [0.15, 0.2) is 53.5 Å². The van der Waals surface area contributed by atoms with Crippen LogP contribution in [0, 0.1) is 11.8 Å². The molecular formula is C26H34N2O2. The van der Waals surface area contributed by atoms with Gasteiger partial charge < -0.3 is 9.72 Å². The first kappa shape index (κ1) is 20.9. The van der Waals surface area contributed by atoms with Gasteiger partial charge in [0.2, 0.25) is 0 Å². The second kappa shape index (κ2) is 10.6. The Morgan fingerprint density at radius 1 is 1.00 bits per heavy atom. The maximum atomic E-state index is 11.9. The van der Waals surface area contributed by atoms with Crippen molar-refractivity contribution in [3.05, 3.63) is 70.2 Å². The number of aromatic amines is 1. The molecule has 0 atom stereocenters. The Labute approximate surface area is 180 Å². The molecule has 2 heterocycles. The van der Waals surface area contributed by atoms with Crippen molar-refractivity contribution in [3.63, 3.8) is 0 Å². The SMILES string of the molecule is O=c1[nH]cccc1CN1CCC(C=Cc2ccccc2OCC2CCCCC2)CC1. The Balaban J connectivity index is 1.28. The van der Waals surface area contributed by atoms with Crippen LogP contribution in [0.4, 0.5) is 0 Å². The number of hydrogen-bond acceptors (Lipinski definition) is 3. The number of likely N-dealkylation sites (tertiary alicyclic amines) is 1. The van der Waals surface area contributed by atoms with Crippen LogP contribution in [0.5, 0.6) is 5.75 Å². The third-order valence-electron chi connectivity index (χ3n) is 6.59. The molecule has 4 heteroatoms. The summed E-state index contributed by atoms with van der Waals surface area (Å²) in [5, 5.41) is 0. The quantitative estimate of drug-likeness (QED) is 0.682. The molecule has 0 bridgehead atoms. The molecular weight excluding hydrogens is 372 g/mol. The van der Waals surface area contributed by atoms with Crippen LogP contribution in [-0.4, -0.2) is 29.6 Å². The molecule has 0 unspecified atom stereocenters. The lowest BCUT2D eigenvalue weighted by atomic mass is 9.90. The number of benzene rings is 1. The van der Waals surface area contributed by atoms with Gasteiger partial charge in [0, 0.05) is 23.9 Å². The number of hydrogen-bond donors (Lipinski definition) is 1. The van der Waals surface area contributed by atoms with E-state index in [9.17, 15) is 4.79 Å². The Morgan fingerprint density at radius 2 is 1.80 bits per heavy atom. The summed E-state index contributed by atoms with van der Waals surface area (Å²) in [4.78, 5) is 17.1. The fraction of sp³-hybridized carbons (Fsp3) is 0.500. The number of aromatic nitrogens is 1. The third-order valence-corrected chi connectivity index (χ3v) is 6.59. The van der Waals surface area contributed by atoms with Crippen LogP contribution in [0.3, 0.4) is 0 Å². The van der Waals surface area contributed by atoms with Gasteiger partial charge in [0.1, 0.15) is 5.75 Å². The third kappa shape index (κ3) is 5.85. The van der Waals surface area contributed by atoms with Gasteiger partial charge in [0.15, 0.2) is 0 Å². The number of H-pyrrole nitrogens is 1. The Kier molecular flexibility index (Phi) is 7.41. The molecule has 1 saturated heterocycles. The predicted octanol–water partition coefficient (Wildman–Crippen LogP) is 5.26. The zero-order valence-electron chi connectivity index (χ0n) is 17.9. The van der Waals surface area contributed by atoms with Crippen LogP contribution >= 0.6 is 0 Å². The van der Waals surface area contributed by atoms with Crippen molar-refractivity contribution in [2.75, 3.05) is 19.7 Å². The van der Waals surface area contributed by atoms with Gasteiger partial charge in [-0.1, -0.05) is 55.7 Å². The summed E-state index contributed by atoms with van der Waals surface area (Å²) in [6, 6.07) is 12.2. The van der Waals surface area contributed by atoms with Crippen molar-refractivity contribution >= 4 is 6.08 Å². The first-order valence-electron chi connectivity index (χ1n) is 11.6. The van der Waals surface area contributed by atoms with Gasteiger partial charge in [-0.25, -0.2) is 0 Å². The van der Waals surface area contributed by atoms with Crippen LogP contribution in [0.25, 0.3) is 6.08 Å². The zero-order chi connectivity index (χ0) is 20.6. The van der Waals surface area contributed by atoms with Crippen molar-refractivity contribution in [2.45, 2.75) is 51.5 Å². The van der Waals surface area contributed by atoms with E-state index in [-0.39, 0.29) is 5.56 Å². The highest BCUT2D eigenvalue weighted by Gasteiger charge is 2.18. The number of pyridine rings is 1. The summed E-state index contributed by atoms with van der Waals surface area (Å²) in [5.41, 5.74) is 2.08. The molecule has 2 aliphatic rings. The van der Waals surface area contributed by atoms with Crippen molar-refractivity contribution in [2.24, 2.45) is 11.8 Å². The molecule has 1 aromatic carbocycles. The first-order chi connectivity index (χ1) is 14.8. The van der Waals surface area contributed by atoms with Crippen LogP contribution in [-0.2, 0) is 6.54 Å². The average molecular weight is 407 g/mol. The molecule has 160 valence electrons. The Morgan fingerprint density at radius 3 is 2.60 bits per heavy atom. The molecule has 1 aliphatic heterocycles. The Bertz CT molecular complexity index is 874. The molecule has 30 heavy (non-hydrogen) atoms. The minimum absolute atomic E-state index is 0.0318. The first-order valence-corrected chi connectivity index (χ1v) is 11.6. The fourth-order valence-electron chi connectivity index (χ4n) is 4.68. The molecule has 2 aromatic rings. The second-order valence-corrected chi connectivity index (χ2v) is 8.85. The number of piperidine rings is 1. The summed E-state index contributed by atoms with van der Waals surface area (Å²) in [6.45, 7) is 3.65. The van der Waals surface area contributed by atoms with Crippen molar-refractivity contribution in [3.8, 4) is 5.75 Å². The fourth-order valence-corrected chi connectivity index (χ4v) is 4.68. The van der Waals surface area contributed by atoms with Crippen LogP contribution in [0.1, 0.15) is 56.1 Å². The standard InChI is InChI=1S/C26H34N2O2/c29-26-24(10-6-16-27-26)19-28-17-14-21(15-18-28)12-13-23-9-4-5-11-25(23)30-20-22-7-2-1-3-8-22/h4-6,9-13,16,21-22H,1-3,7-8,14-15,17-20H2,(H,27,29). The van der Waals surface area contributed by atoms with E-state index in [0.717, 1.165) is 56.3 Å². The van der Waals surface area contributed by atoms with Crippen molar-refractivity contribution in [1.29, 1.82) is 0 Å². The highest BCUT2D eigenvalue weighted by molar-refractivity contribution is 5.57. The van der Waals surface area contributed by atoms with E-state index in [0.29, 0.717) is 5.92 Å². The lowest BCUT2D eigenvalue weighted by molar-refractivity contribution is 0.195. The summed E-state index contributed by atoms with van der Waals surface area (Å²) < 4.78 is 6.22. The molecule has 1 aliphatic carbocycles. The van der Waals surface area contributed by atoms with Gasteiger partial charge in [0.05, 0.1) is 6.61 Å². The van der Waals surface area contributed by atoms with E-state index in [4.69, 9.17) is 4.74 Å². The highest BCUT2D eigenvalue weighted by Crippen LogP contribution is 2.27. The summed E-state index contributed by atoms with van der Waals surface area (Å²) >= 11 is 0. The normalized spacial score (nSPS) is 19.3. The lowest BCUT2D eigenvalue weighted by Crippen LogP contribution is -2.34. The molecule has 1 saturated carbocycles. The number of rotatable bonds is 7. The monoisotopic (exact) mass is 406 g/mol. The average Bonchev–Trinajstić information content (AvgIpc) is 2.80. The van der Waals surface area contributed by atoms with E-state index >= 15 is 0 Å².